The molecular formula is C25H20Cl2Zr. The van der Waals surface area contributed by atoms with E-state index in [4.69, 9.17) is 17.0 Å². The Bertz CT molecular complexity index is 1120. The van der Waals surface area contributed by atoms with Crippen LogP contribution < -0.4 is 0 Å². The van der Waals surface area contributed by atoms with Crippen molar-refractivity contribution in [2.45, 2.75) is 19.8 Å². The molecule has 0 bridgehead atoms. The Morgan fingerprint density at radius 1 is 0.821 bits per heavy atom. The van der Waals surface area contributed by atoms with Crippen molar-refractivity contribution in [1.82, 2.24) is 0 Å². The maximum absolute atomic E-state index is 4.93. The summed E-state index contributed by atoms with van der Waals surface area (Å²) in [5.74, 6) is 0. The summed E-state index contributed by atoms with van der Waals surface area (Å²) in [5.41, 5.74) is 7.16. The van der Waals surface area contributed by atoms with Gasteiger partial charge in [-0.15, -0.1) is 0 Å². The van der Waals surface area contributed by atoms with Crippen LogP contribution in [-0.4, -0.2) is 0 Å². The van der Waals surface area contributed by atoms with Gasteiger partial charge in [0, 0.05) is 0 Å². The van der Waals surface area contributed by atoms with Gasteiger partial charge in [0.2, 0.25) is 0 Å². The van der Waals surface area contributed by atoms with Gasteiger partial charge in [0.25, 0.3) is 0 Å². The third-order valence-electron chi connectivity index (χ3n) is 5.46. The molecule has 4 aromatic carbocycles. The quantitative estimate of drug-likeness (QED) is 0.252. The van der Waals surface area contributed by atoms with Crippen molar-refractivity contribution < 1.29 is 20.8 Å². The van der Waals surface area contributed by atoms with Gasteiger partial charge in [-0.1, -0.05) is 85.3 Å². The van der Waals surface area contributed by atoms with E-state index < -0.39 is 20.8 Å². The summed E-state index contributed by atoms with van der Waals surface area (Å²) < 4.78 is 0. The van der Waals surface area contributed by atoms with Gasteiger partial charge in [0.15, 0.2) is 0 Å². The Kier molecular flexibility index (Phi) is 6.36. The zero-order valence-electron chi connectivity index (χ0n) is 15.7. The molecule has 0 fully saturated rings. The zero-order chi connectivity index (χ0) is 19.5. The van der Waals surface area contributed by atoms with E-state index in [1.807, 2.05) is 0 Å². The van der Waals surface area contributed by atoms with Gasteiger partial charge in [-0.2, -0.15) is 0 Å². The summed E-state index contributed by atoms with van der Waals surface area (Å²) in [6, 6.07) is 26.6. The van der Waals surface area contributed by atoms with Gasteiger partial charge in [-0.3, -0.25) is 0 Å². The van der Waals surface area contributed by atoms with Crippen molar-refractivity contribution in [3.8, 4) is 11.1 Å². The second-order valence-corrected chi connectivity index (χ2v) is 10.7. The molecule has 0 atom stereocenters. The van der Waals surface area contributed by atoms with Crippen LogP contribution in [0.3, 0.4) is 0 Å². The van der Waals surface area contributed by atoms with Crippen LogP contribution >= 0.6 is 17.0 Å². The van der Waals surface area contributed by atoms with Crippen molar-refractivity contribution >= 4 is 44.6 Å². The maximum atomic E-state index is 4.93. The average molecular weight is 483 g/mol. The molecule has 0 saturated carbocycles. The summed E-state index contributed by atoms with van der Waals surface area (Å²) >= 11 is -0.826. The first kappa shape index (κ1) is 19.9. The first-order valence-corrected chi connectivity index (χ1v) is 15.8. The van der Waals surface area contributed by atoms with Crippen LogP contribution in [0, 0.1) is 0 Å². The van der Waals surface area contributed by atoms with Gasteiger partial charge < -0.3 is 0 Å². The molecule has 28 heavy (non-hydrogen) atoms. The molecule has 3 heteroatoms. The Hall–Kier alpha value is -1.40. The van der Waals surface area contributed by atoms with Crippen LogP contribution in [-0.2, 0) is 27.3 Å². The molecule has 0 N–H and O–H groups in total. The van der Waals surface area contributed by atoms with Crippen molar-refractivity contribution in [3.63, 3.8) is 0 Å². The summed E-state index contributed by atoms with van der Waals surface area (Å²) in [4.78, 5) is 0. The second-order valence-electron chi connectivity index (χ2n) is 6.98. The first-order chi connectivity index (χ1) is 13.8. The molecule has 5 rings (SSSR count). The fraction of sp³-hybridized carbons (Fsp3) is 0.120. The minimum absolute atomic E-state index is 0.826. The predicted octanol–water partition coefficient (Wildman–Crippen LogP) is 8.39. The molecule has 0 aliphatic heterocycles. The first-order valence-electron chi connectivity index (χ1n) is 9.45. The van der Waals surface area contributed by atoms with Crippen LogP contribution in [0.2, 0.25) is 0 Å². The van der Waals surface area contributed by atoms with Gasteiger partial charge in [-0.05, 0) is 62.7 Å². The van der Waals surface area contributed by atoms with E-state index in [0.29, 0.717) is 0 Å². The van der Waals surface area contributed by atoms with Gasteiger partial charge in [0.05, 0.1) is 0 Å². The zero-order valence-corrected chi connectivity index (χ0v) is 19.6. The van der Waals surface area contributed by atoms with Crippen LogP contribution in [0.4, 0.5) is 0 Å². The molecule has 0 nitrogen and oxygen atoms in total. The summed E-state index contributed by atoms with van der Waals surface area (Å²) in [6.07, 6.45) is 4.65. The number of fused-ring (bicyclic) bond motifs is 3. The fourth-order valence-electron chi connectivity index (χ4n) is 4.19. The van der Waals surface area contributed by atoms with E-state index >= 15 is 0 Å². The van der Waals surface area contributed by atoms with Crippen LogP contribution in [0.5, 0.6) is 0 Å². The second kappa shape index (κ2) is 8.95. The summed E-state index contributed by atoms with van der Waals surface area (Å²) in [6.45, 7) is 2.25. The molecule has 0 aromatic heterocycles. The summed E-state index contributed by atoms with van der Waals surface area (Å²) in [5, 5.41) is 5.30. The number of halogens is 2. The number of rotatable bonds is 2. The Morgan fingerprint density at radius 2 is 1.43 bits per heavy atom. The molecule has 0 radical (unpaired) electrons. The molecule has 1 aliphatic rings. The topological polar surface area (TPSA) is 0 Å². The SMILES string of the molecule is CCC1=Cc2c(cccc2-c2c3ccccc3cc3ccccc23)C1.[Cl][Zr][Cl]. The molecular weight excluding hydrogens is 462 g/mol. The summed E-state index contributed by atoms with van der Waals surface area (Å²) in [7, 11) is 9.87. The van der Waals surface area contributed by atoms with Gasteiger partial charge in [-0.25, -0.2) is 0 Å². The third kappa shape index (κ3) is 3.73. The van der Waals surface area contributed by atoms with E-state index in [1.54, 1.807) is 0 Å². The van der Waals surface area contributed by atoms with E-state index in [2.05, 4.69) is 85.8 Å². The van der Waals surface area contributed by atoms with Crippen molar-refractivity contribution in [1.29, 1.82) is 0 Å². The molecule has 0 spiro atoms. The molecule has 0 saturated heterocycles. The Labute approximate surface area is 184 Å². The molecule has 0 heterocycles. The normalized spacial score (nSPS) is 12.3. The third-order valence-corrected chi connectivity index (χ3v) is 5.46. The molecule has 0 unspecified atom stereocenters. The number of hydrogen-bond donors (Lipinski definition) is 0. The Balaban J connectivity index is 0.000000604. The van der Waals surface area contributed by atoms with Crippen molar-refractivity contribution in [2.24, 2.45) is 0 Å². The van der Waals surface area contributed by atoms with E-state index in [1.165, 1.54) is 49.4 Å². The number of benzene rings is 4. The van der Waals surface area contributed by atoms with Gasteiger partial charge in [0.1, 0.15) is 0 Å². The van der Waals surface area contributed by atoms with Crippen LogP contribution in [0.15, 0.2) is 78.4 Å². The van der Waals surface area contributed by atoms with Gasteiger partial charge >= 0.3 is 37.9 Å². The average Bonchev–Trinajstić information content (AvgIpc) is 3.16. The molecule has 0 amide bonds. The van der Waals surface area contributed by atoms with E-state index in [0.717, 1.165) is 12.8 Å². The van der Waals surface area contributed by atoms with E-state index in [9.17, 15) is 0 Å². The number of allylic oxidation sites excluding steroid dienone is 1. The standard InChI is InChI=1S/C25H20.2ClH.Zr/c1-2-17-14-18-10-7-13-23(24(18)15-17)25-21-11-5-3-8-19(21)16-20-9-4-6-12-22(20)25;;;/h3-13,15-16H,2,14H2,1H3;2*1H;/q;;;+2/p-2. The molecule has 1 aliphatic carbocycles. The predicted molar refractivity (Wildman–Crippen MR) is 121 cm³/mol. The van der Waals surface area contributed by atoms with Crippen LogP contribution in [0.25, 0.3) is 38.7 Å². The number of hydrogen-bond acceptors (Lipinski definition) is 0. The molecule has 138 valence electrons. The van der Waals surface area contributed by atoms with Crippen molar-refractivity contribution in [2.75, 3.05) is 0 Å². The minimum atomic E-state index is -0.826. The van der Waals surface area contributed by atoms with Crippen LogP contribution in [0.1, 0.15) is 24.5 Å². The Morgan fingerprint density at radius 3 is 2.04 bits per heavy atom. The monoisotopic (exact) mass is 480 g/mol. The molecule has 4 aromatic rings. The fourth-order valence-corrected chi connectivity index (χ4v) is 4.19. The van der Waals surface area contributed by atoms with E-state index in [-0.39, 0.29) is 0 Å². The van der Waals surface area contributed by atoms with Crippen molar-refractivity contribution in [3.05, 3.63) is 89.5 Å².